The molecule has 2 aliphatic rings. The van der Waals surface area contributed by atoms with Crippen molar-refractivity contribution in [3.05, 3.63) is 69.2 Å². The molecule has 24 heavy (non-hydrogen) atoms. The lowest BCUT2D eigenvalue weighted by Gasteiger charge is -2.13. The van der Waals surface area contributed by atoms with E-state index < -0.39 is 0 Å². The van der Waals surface area contributed by atoms with E-state index in [1.807, 2.05) is 36.4 Å². The maximum atomic E-state index is 6.47. The van der Waals surface area contributed by atoms with Crippen LogP contribution in [0.4, 0.5) is 0 Å². The van der Waals surface area contributed by atoms with Crippen LogP contribution in [0.3, 0.4) is 0 Å². The molecule has 2 aromatic rings. The largest absolute Gasteiger partial charge is 0.275 e. The van der Waals surface area contributed by atoms with Crippen LogP contribution in [0.5, 0.6) is 0 Å². The van der Waals surface area contributed by atoms with Crippen molar-refractivity contribution in [1.29, 1.82) is 0 Å². The molecular weight excluding hydrogens is 357 g/mol. The van der Waals surface area contributed by atoms with Crippen LogP contribution in [0.1, 0.15) is 36.0 Å². The number of hydrogen-bond donors (Lipinski definition) is 0. The second-order valence-electron chi connectivity index (χ2n) is 6.60. The quantitative estimate of drug-likeness (QED) is 0.607. The number of fused-ring (bicyclic) bond motifs is 1. The summed E-state index contributed by atoms with van der Waals surface area (Å²) in [7, 11) is 0. The second kappa shape index (κ2) is 6.59. The lowest BCUT2D eigenvalue weighted by atomic mass is 9.95. The molecule has 0 spiro atoms. The minimum atomic E-state index is 0.0879. The van der Waals surface area contributed by atoms with E-state index in [4.69, 9.17) is 40.4 Å². The van der Waals surface area contributed by atoms with E-state index in [0.29, 0.717) is 10.0 Å². The molecule has 0 radical (unpaired) electrons. The van der Waals surface area contributed by atoms with Crippen molar-refractivity contribution in [2.24, 2.45) is 10.9 Å². The van der Waals surface area contributed by atoms with Gasteiger partial charge in [-0.2, -0.15) is 0 Å². The first-order valence-corrected chi connectivity index (χ1v) is 9.42. The zero-order valence-electron chi connectivity index (χ0n) is 13.1. The Balaban J connectivity index is 1.88. The molecule has 1 heterocycles. The summed E-state index contributed by atoms with van der Waals surface area (Å²) in [6.07, 6.45) is 4.43. The summed E-state index contributed by atoms with van der Waals surface area (Å²) in [5.41, 5.74) is 4.11. The molecule has 122 valence electrons. The molecular formula is C20H17Cl2NS. The highest BCUT2D eigenvalue weighted by molar-refractivity contribution is 7.80. The number of thiocarbonyl (C=S) groups is 1. The molecule has 4 heteroatoms. The van der Waals surface area contributed by atoms with Crippen molar-refractivity contribution in [2.75, 3.05) is 0 Å². The van der Waals surface area contributed by atoms with Crippen LogP contribution >= 0.6 is 35.4 Å². The smallest absolute Gasteiger partial charge is 0.0824 e. The maximum absolute atomic E-state index is 6.47. The minimum absolute atomic E-state index is 0.0879. The van der Waals surface area contributed by atoms with Crippen molar-refractivity contribution in [1.82, 2.24) is 0 Å². The SMILES string of the molecule is S=C1Cc2ccc(Cl)cc2C(c2ccccc2Cl)=NC1CC1CC1. The third-order valence-electron chi connectivity index (χ3n) is 4.73. The Kier molecular flexibility index (Phi) is 4.46. The third kappa shape index (κ3) is 3.28. The zero-order valence-corrected chi connectivity index (χ0v) is 15.5. The predicted octanol–water partition coefficient (Wildman–Crippen LogP) is 5.93. The standard InChI is InChI=1S/C20H17Cl2NS/c21-14-8-7-13-10-19(24)18(9-12-5-6-12)23-20(16(13)11-14)15-3-1-2-4-17(15)22/h1-4,7-8,11-12,18H,5-6,9-10H2. The van der Waals surface area contributed by atoms with Gasteiger partial charge in [-0.25, -0.2) is 0 Å². The van der Waals surface area contributed by atoms with Crippen LogP contribution in [0.15, 0.2) is 47.5 Å². The number of hydrogen-bond acceptors (Lipinski definition) is 2. The van der Waals surface area contributed by atoms with Crippen LogP contribution in [0.25, 0.3) is 0 Å². The molecule has 1 unspecified atom stereocenters. The van der Waals surface area contributed by atoms with Gasteiger partial charge in [0.2, 0.25) is 0 Å². The number of aliphatic imine (C=N–C) groups is 1. The zero-order chi connectivity index (χ0) is 16.7. The van der Waals surface area contributed by atoms with E-state index in [2.05, 4.69) is 6.07 Å². The monoisotopic (exact) mass is 373 g/mol. The van der Waals surface area contributed by atoms with Gasteiger partial charge >= 0.3 is 0 Å². The Morgan fingerprint density at radius 1 is 1.04 bits per heavy atom. The van der Waals surface area contributed by atoms with Gasteiger partial charge in [-0.3, -0.25) is 4.99 Å². The molecule has 0 N–H and O–H groups in total. The molecule has 2 aromatic carbocycles. The molecule has 1 aliphatic carbocycles. The van der Waals surface area contributed by atoms with E-state index in [-0.39, 0.29) is 6.04 Å². The highest BCUT2D eigenvalue weighted by Crippen LogP contribution is 2.36. The Morgan fingerprint density at radius 2 is 1.83 bits per heavy atom. The Bertz CT molecular complexity index is 839. The molecule has 1 atom stereocenters. The minimum Gasteiger partial charge on any atom is -0.275 e. The lowest BCUT2D eigenvalue weighted by Crippen LogP contribution is -2.19. The topological polar surface area (TPSA) is 12.4 Å². The number of halogens is 2. The average Bonchev–Trinajstić information content (AvgIpc) is 3.38. The van der Waals surface area contributed by atoms with Crippen LogP contribution in [0.2, 0.25) is 10.0 Å². The van der Waals surface area contributed by atoms with Gasteiger partial charge in [0, 0.05) is 32.5 Å². The van der Waals surface area contributed by atoms with Crippen molar-refractivity contribution in [3.8, 4) is 0 Å². The highest BCUT2D eigenvalue weighted by atomic mass is 35.5. The fraction of sp³-hybridized carbons (Fsp3) is 0.300. The molecule has 1 saturated carbocycles. The van der Waals surface area contributed by atoms with Gasteiger partial charge in [0.15, 0.2) is 0 Å². The van der Waals surface area contributed by atoms with Gasteiger partial charge < -0.3 is 0 Å². The van der Waals surface area contributed by atoms with E-state index in [0.717, 1.165) is 40.5 Å². The Hall–Kier alpha value is -1.22. The summed E-state index contributed by atoms with van der Waals surface area (Å²) in [5.74, 6) is 0.772. The van der Waals surface area contributed by atoms with Gasteiger partial charge in [-0.05, 0) is 36.1 Å². The maximum Gasteiger partial charge on any atom is 0.0824 e. The summed E-state index contributed by atoms with van der Waals surface area (Å²) < 4.78 is 0. The van der Waals surface area contributed by atoms with Gasteiger partial charge in [0.25, 0.3) is 0 Å². The second-order valence-corrected chi connectivity index (χ2v) is 7.97. The van der Waals surface area contributed by atoms with Crippen molar-refractivity contribution < 1.29 is 0 Å². The normalized spacial score (nSPS) is 20.3. The fourth-order valence-corrected chi connectivity index (χ4v) is 3.95. The van der Waals surface area contributed by atoms with Crippen LogP contribution in [-0.4, -0.2) is 16.6 Å². The van der Waals surface area contributed by atoms with Crippen LogP contribution in [0, 0.1) is 5.92 Å². The molecule has 1 fully saturated rings. The van der Waals surface area contributed by atoms with Gasteiger partial charge in [0.05, 0.1) is 11.8 Å². The third-order valence-corrected chi connectivity index (χ3v) is 5.71. The van der Waals surface area contributed by atoms with Gasteiger partial charge in [-0.15, -0.1) is 0 Å². The van der Waals surface area contributed by atoms with Crippen molar-refractivity contribution in [3.63, 3.8) is 0 Å². The van der Waals surface area contributed by atoms with Gasteiger partial charge in [0.1, 0.15) is 0 Å². The van der Waals surface area contributed by atoms with E-state index in [9.17, 15) is 0 Å². The van der Waals surface area contributed by atoms with E-state index in [1.165, 1.54) is 18.4 Å². The Labute approximate surface area is 157 Å². The Morgan fingerprint density at radius 3 is 2.58 bits per heavy atom. The number of benzene rings is 2. The summed E-state index contributed by atoms with van der Waals surface area (Å²) >= 11 is 18.5. The fourth-order valence-electron chi connectivity index (χ4n) is 3.25. The van der Waals surface area contributed by atoms with Crippen LogP contribution < -0.4 is 0 Å². The van der Waals surface area contributed by atoms with E-state index >= 15 is 0 Å². The van der Waals surface area contributed by atoms with Gasteiger partial charge in [-0.1, -0.05) is 72.5 Å². The molecule has 1 nitrogen and oxygen atoms in total. The molecule has 0 amide bonds. The number of rotatable bonds is 3. The molecule has 0 bridgehead atoms. The lowest BCUT2D eigenvalue weighted by molar-refractivity contribution is 0.680. The average molecular weight is 374 g/mol. The highest BCUT2D eigenvalue weighted by Gasteiger charge is 2.30. The molecule has 0 aromatic heterocycles. The first-order valence-electron chi connectivity index (χ1n) is 8.26. The predicted molar refractivity (Wildman–Crippen MR) is 106 cm³/mol. The summed E-state index contributed by atoms with van der Waals surface area (Å²) in [5, 5.41) is 1.42. The van der Waals surface area contributed by atoms with E-state index in [1.54, 1.807) is 0 Å². The summed E-state index contributed by atoms with van der Waals surface area (Å²) in [4.78, 5) is 6.10. The number of nitrogens with zero attached hydrogens (tertiary/aromatic N) is 1. The van der Waals surface area contributed by atoms with Crippen molar-refractivity contribution >= 4 is 46.0 Å². The van der Waals surface area contributed by atoms with Crippen LogP contribution in [-0.2, 0) is 6.42 Å². The van der Waals surface area contributed by atoms with Crippen molar-refractivity contribution in [2.45, 2.75) is 31.7 Å². The first kappa shape index (κ1) is 16.3. The first-order chi connectivity index (χ1) is 11.6. The molecule has 4 rings (SSSR count). The molecule has 1 aliphatic heterocycles. The summed E-state index contributed by atoms with van der Waals surface area (Å²) in [6, 6.07) is 13.9. The molecule has 0 saturated heterocycles. The summed E-state index contributed by atoms with van der Waals surface area (Å²) in [6.45, 7) is 0.